The minimum Gasteiger partial charge on any atom is -0.452 e. The molecule has 0 saturated carbocycles. The van der Waals surface area contributed by atoms with Crippen molar-refractivity contribution >= 4 is 38.8 Å². The number of para-hydroxylation sites is 2. The number of nitrogens with zero attached hydrogens (tertiary/aromatic N) is 2. The van der Waals surface area contributed by atoms with Crippen LogP contribution in [0.5, 0.6) is 0 Å². The summed E-state index contributed by atoms with van der Waals surface area (Å²) in [6, 6.07) is 33.7. The molecule has 6 aromatic rings. The molecule has 0 spiro atoms. The molecule has 4 nitrogen and oxygen atoms in total. The van der Waals surface area contributed by atoms with Crippen LogP contribution in [0.25, 0.3) is 49.5 Å². The van der Waals surface area contributed by atoms with Crippen LogP contribution in [0.4, 0.5) is 4.79 Å². The van der Waals surface area contributed by atoms with Crippen molar-refractivity contribution in [3.05, 3.63) is 103 Å². The van der Waals surface area contributed by atoms with Gasteiger partial charge in [-0.25, -0.2) is 4.79 Å². The number of carbonyl (C=O) groups excluding carboxylic acids is 1. The number of hydrogen-bond donors (Lipinski definition) is 0. The largest absolute Gasteiger partial charge is 0.452 e. The van der Waals surface area contributed by atoms with Gasteiger partial charge in [0.15, 0.2) is 0 Å². The molecule has 6 rings (SSSR count). The molecule has 0 radical (unpaired) electrons. The van der Waals surface area contributed by atoms with Gasteiger partial charge < -0.3 is 9.30 Å². The maximum absolute atomic E-state index is 11.9. The molecule has 4 heteroatoms. The van der Waals surface area contributed by atoms with Crippen LogP contribution in [0.2, 0.25) is 0 Å². The first-order chi connectivity index (χ1) is 15.7. The second-order valence-corrected chi connectivity index (χ2v) is 7.85. The van der Waals surface area contributed by atoms with Crippen LogP contribution in [0.15, 0.2) is 103 Å². The molecule has 0 aliphatic heterocycles. The van der Waals surface area contributed by atoms with Crippen molar-refractivity contribution in [2.45, 2.75) is 0 Å². The lowest BCUT2D eigenvalue weighted by atomic mass is 10.0. The first kappa shape index (κ1) is 18.5. The van der Waals surface area contributed by atoms with Gasteiger partial charge >= 0.3 is 6.09 Å². The summed E-state index contributed by atoms with van der Waals surface area (Å²) in [6.45, 7) is 0. The van der Waals surface area contributed by atoms with Gasteiger partial charge in [0.1, 0.15) is 0 Å². The average Bonchev–Trinajstić information content (AvgIpc) is 3.42. The summed E-state index contributed by atoms with van der Waals surface area (Å²) >= 11 is 0. The van der Waals surface area contributed by atoms with Crippen molar-refractivity contribution in [2.24, 2.45) is 0 Å². The fourth-order valence-corrected chi connectivity index (χ4v) is 4.58. The second-order valence-electron chi connectivity index (χ2n) is 7.85. The minimum atomic E-state index is -0.386. The van der Waals surface area contributed by atoms with Crippen LogP contribution >= 0.6 is 0 Å². The van der Waals surface area contributed by atoms with E-state index < -0.39 is 0 Å². The molecule has 0 bridgehead atoms. The van der Waals surface area contributed by atoms with Gasteiger partial charge in [0, 0.05) is 28.0 Å². The summed E-state index contributed by atoms with van der Waals surface area (Å²) in [7, 11) is 1.39. The average molecular weight is 416 g/mol. The zero-order valence-corrected chi connectivity index (χ0v) is 17.5. The Morgan fingerprint density at radius 2 is 1.31 bits per heavy atom. The lowest BCUT2D eigenvalue weighted by molar-refractivity contribution is 0.174. The molecule has 0 saturated heterocycles. The van der Waals surface area contributed by atoms with E-state index in [0.29, 0.717) is 0 Å². The number of fused-ring (bicyclic) bond motifs is 4. The van der Waals surface area contributed by atoms with Gasteiger partial charge in [0.25, 0.3) is 0 Å². The number of rotatable bonds is 2. The van der Waals surface area contributed by atoms with Gasteiger partial charge in [-0.1, -0.05) is 54.6 Å². The lowest BCUT2D eigenvalue weighted by Crippen LogP contribution is -2.09. The van der Waals surface area contributed by atoms with E-state index in [-0.39, 0.29) is 6.09 Å². The van der Waals surface area contributed by atoms with Crippen LogP contribution in [0.3, 0.4) is 0 Å². The predicted molar refractivity (Wildman–Crippen MR) is 130 cm³/mol. The first-order valence-corrected chi connectivity index (χ1v) is 10.5. The SMILES string of the molecule is COC(=O)n1ccc2cc(-c3ccc(-n4c5ccccc5c5ccccc54)cc3)ccc21. The molecule has 2 heterocycles. The maximum Gasteiger partial charge on any atom is 0.418 e. The molecular formula is C28H20N2O2. The van der Waals surface area contributed by atoms with Gasteiger partial charge in [-0.2, -0.15) is 0 Å². The molecule has 0 amide bonds. The normalized spacial score (nSPS) is 11.4. The Morgan fingerprint density at radius 3 is 1.97 bits per heavy atom. The quantitative estimate of drug-likeness (QED) is 0.304. The topological polar surface area (TPSA) is 36.2 Å². The van der Waals surface area contributed by atoms with Gasteiger partial charge in [0.05, 0.1) is 23.7 Å². The third-order valence-corrected chi connectivity index (χ3v) is 6.10. The highest BCUT2D eigenvalue weighted by Gasteiger charge is 2.12. The number of methoxy groups -OCH3 is 1. The molecule has 0 fully saturated rings. The third kappa shape index (κ3) is 2.73. The Hall–Kier alpha value is -4.31. The van der Waals surface area contributed by atoms with E-state index >= 15 is 0 Å². The van der Waals surface area contributed by atoms with Crippen LogP contribution in [-0.2, 0) is 4.74 Å². The number of carbonyl (C=O) groups is 1. The maximum atomic E-state index is 11.9. The second kappa shape index (κ2) is 7.13. The van der Waals surface area contributed by atoms with E-state index in [2.05, 4.69) is 83.4 Å². The van der Waals surface area contributed by atoms with Crippen molar-refractivity contribution in [3.63, 3.8) is 0 Å². The van der Waals surface area contributed by atoms with Crippen LogP contribution in [0.1, 0.15) is 0 Å². The van der Waals surface area contributed by atoms with Crippen LogP contribution in [0, 0.1) is 0 Å². The summed E-state index contributed by atoms with van der Waals surface area (Å²) in [5, 5.41) is 3.51. The van der Waals surface area contributed by atoms with E-state index in [1.165, 1.54) is 33.5 Å². The molecule has 0 atom stereocenters. The molecule has 4 aromatic carbocycles. The number of hydrogen-bond acceptors (Lipinski definition) is 2. The van der Waals surface area contributed by atoms with Gasteiger partial charge in [-0.3, -0.25) is 4.57 Å². The predicted octanol–water partition coefficient (Wildman–Crippen LogP) is 7.02. The van der Waals surface area contributed by atoms with Crippen molar-refractivity contribution in [2.75, 3.05) is 7.11 Å². The third-order valence-electron chi connectivity index (χ3n) is 6.10. The van der Waals surface area contributed by atoms with Gasteiger partial charge in [-0.15, -0.1) is 0 Å². The van der Waals surface area contributed by atoms with Gasteiger partial charge in [-0.05, 0) is 53.6 Å². The number of ether oxygens (including phenoxy) is 1. The Morgan fingerprint density at radius 1 is 0.688 bits per heavy atom. The molecule has 0 aliphatic rings. The molecular weight excluding hydrogens is 396 g/mol. The van der Waals surface area contributed by atoms with E-state index in [4.69, 9.17) is 4.74 Å². The Bertz CT molecular complexity index is 1570. The fourth-order valence-electron chi connectivity index (χ4n) is 4.58. The Labute approximate surface area is 184 Å². The lowest BCUT2D eigenvalue weighted by Gasteiger charge is -2.10. The molecule has 0 unspecified atom stereocenters. The molecule has 2 aromatic heterocycles. The monoisotopic (exact) mass is 416 g/mol. The zero-order chi connectivity index (χ0) is 21.7. The van der Waals surface area contributed by atoms with Crippen molar-refractivity contribution in [1.82, 2.24) is 9.13 Å². The summed E-state index contributed by atoms with van der Waals surface area (Å²) in [5.41, 5.74) is 6.60. The minimum absolute atomic E-state index is 0.386. The van der Waals surface area contributed by atoms with E-state index in [1.807, 2.05) is 18.2 Å². The smallest absolute Gasteiger partial charge is 0.418 e. The molecule has 0 aliphatic carbocycles. The Kier molecular flexibility index (Phi) is 4.12. The summed E-state index contributed by atoms with van der Waals surface area (Å²) < 4.78 is 8.68. The van der Waals surface area contributed by atoms with E-state index in [0.717, 1.165) is 27.7 Å². The summed E-state index contributed by atoms with van der Waals surface area (Å²) in [6.07, 6.45) is 1.36. The zero-order valence-electron chi connectivity index (χ0n) is 17.5. The van der Waals surface area contributed by atoms with Crippen molar-refractivity contribution < 1.29 is 9.53 Å². The highest BCUT2D eigenvalue weighted by Crippen LogP contribution is 2.33. The molecule has 0 N–H and O–H groups in total. The number of aromatic nitrogens is 2. The summed E-state index contributed by atoms with van der Waals surface area (Å²) in [5.74, 6) is 0. The van der Waals surface area contributed by atoms with Gasteiger partial charge in [0.2, 0.25) is 0 Å². The number of benzene rings is 4. The standard InChI is InChI=1S/C28H20N2O2/c1-32-28(31)29-17-16-21-18-20(12-15-25(21)29)19-10-13-22(14-11-19)30-26-8-4-2-6-23(26)24-7-3-5-9-27(24)30/h2-18H,1H3. The van der Waals surface area contributed by atoms with Crippen LogP contribution in [-0.4, -0.2) is 22.3 Å². The molecule has 32 heavy (non-hydrogen) atoms. The highest BCUT2D eigenvalue weighted by molar-refractivity contribution is 6.09. The van der Waals surface area contributed by atoms with Crippen molar-refractivity contribution in [1.29, 1.82) is 0 Å². The highest BCUT2D eigenvalue weighted by atomic mass is 16.5. The first-order valence-electron chi connectivity index (χ1n) is 10.5. The van der Waals surface area contributed by atoms with Crippen molar-refractivity contribution in [3.8, 4) is 16.8 Å². The van der Waals surface area contributed by atoms with Crippen LogP contribution < -0.4 is 0 Å². The molecule has 154 valence electrons. The fraction of sp³-hybridized carbons (Fsp3) is 0.0357. The van der Waals surface area contributed by atoms with E-state index in [9.17, 15) is 4.79 Å². The summed E-state index contributed by atoms with van der Waals surface area (Å²) in [4.78, 5) is 11.9. The van der Waals surface area contributed by atoms with E-state index in [1.54, 1.807) is 6.20 Å². The Balaban J connectivity index is 1.44.